The van der Waals surface area contributed by atoms with Crippen molar-refractivity contribution in [1.82, 2.24) is 5.32 Å². The minimum Gasteiger partial charge on any atom is -0.378 e. The molecule has 1 fully saturated rings. The van der Waals surface area contributed by atoms with E-state index < -0.39 is 0 Å². The van der Waals surface area contributed by atoms with E-state index in [-0.39, 0.29) is 5.91 Å². The van der Waals surface area contributed by atoms with Crippen molar-refractivity contribution < 1.29 is 9.53 Å². The van der Waals surface area contributed by atoms with Gasteiger partial charge in [-0.3, -0.25) is 4.79 Å². The van der Waals surface area contributed by atoms with Crippen LogP contribution in [0, 0.1) is 11.8 Å². The largest absolute Gasteiger partial charge is 0.378 e. The fourth-order valence-corrected chi connectivity index (χ4v) is 2.79. The number of hydrogen-bond acceptors (Lipinski definition) is 4. The van der Waals surface area contributed by atoms with E-state index in [9.17, 15) is 4.79 Å². The van der Waals surface area contributed by atoms with E-state index in [1.165, 1.54) is 11.3 Å². The van der Waals surface area contributed by atoms with Crippen molar-refractivity contribution in [3.63, 3.8) is 0 Å². The van der Waals surface area contributed by atoms with Crippen LogP contribution in [0.4, 0.5) is 0 Å². The first-order valence-electron chi connectivity index (χ1n) is 6.47. The standard InChI is InChI=1S/C14H18N2O2S/c15-7-1-3-11-6-10-19-13(11)14(17)16-8-5-12-4-2-9-18-12/h6,10,12H,2,4-5,7-9,15H2,(H,16,17). The average Bonchev–Trinajstić information content (AvgIpc) is 3.07. The molecule has 2 heterocycles. The van der Waals surface area contributed by atoms with E-state index in [1.54, 1.807) is 0 Å². The lowest BCUT2D eigenvalue weighted by Gasteiger charge is -2.09. The molecule has 0 spiro atoms. The summed E-state index contributed by atoms with van der Waals surface area (Å²) in [5.74, 6) is 5.63. The predicted molar refractivity (Wildman–Crippen MR) is 76.2 cm³/mol. The van der Waals surface area contributed by atoms with Crippen molar-refractivity contribution in [3.05, 3.63) is 21.9 Å². The Morgan fingerprint density at radius 2 is 2.53 bits per heavy atom. The van der Waals surface area contributed by atoms with Crippen molar-refractivity contribution in [2.24, 2.45) is 5.73 Å². The van der Waals surface area contributed by atoms with Crippen LogP contribution in [-0.2, 0) is 4.74 Å². The first kappa shape index (κ1) is 14.1. The van der Waals surface area contributed by atoms with Crippen molar-refractivity contribution in [1.29, 1.82) is 0 Å². The number of carbonyl (C=O) groups excluding carboxylic acids is 1. The molecule has 1 unspecified atom stereocenters. The second kappa shape index (κ2) is 7.29. The Kier molecular flexibility index (Phi) is 5.40. The third-order valence-electron chi connectivity index (χ3n) is 2.97. The van der Waals surface area contributed by atoms with Crippen LogP contribution >= 0.6 is 11.3 Å². The number of nitrogens with one attached hydrogen (secondary N) is 1. The van der Waals surface area contributed by atoms with Gasteiger partial charge in [-0.15, -0.1) is 11.3 Å². The smallest absolute Gasteiger partial charge is 0.262 e. The van der Waals surface area contributed by atoms with Gasteiger partial charge < -0.3 is 15.8 Å². The Morgan fingerprint density at radius 1 is 1.63 bits per heavy atom. The number of hydrogen-bond donors (Lipinski definition) is 2. The summed E-state index contributed by atoms with van der Waals surface area (Å²) >= 11 is 1.40. The second-order valence-corrected chi connectivity index (χ2v) is 5.27. The summed E-state index contributed by atoms with van der Waals surface area (Å²) in [7, 11) is 0. The third-order valence-corrected chi connectivity index (χ3v) is 3.89. The summed E-state index contributed by atoms with van der Waals surface area (Å²) < 4.78 is 5.52. The summed E-state index contributed by atoms with van der Waals surface area (Å²) in [6.45, 7) is 1.80. The minimum absolute atomic E-state index is 0.0608. The van der Waals surface area contributed by atoms with Gasteiger partial charge in [0, 0.05) is 18.7 Å². The van der Waals surface area contributed by atoms with Crippen LogP contribution in [0.3, 0.4) is 0 Å². The molecule has 0 bridgehead atoms. The summed E-state index contributed by atoms with van der Waals surface area (Å²) in [6.07, 6.45) is 3.41. The molecule has 3 N–H and O–H groups in total. The molecule has 4 nitrogen and oxygen atoms in total. The van der Waals surface area contributed by atoms with E-state index in [0.717, 1.165) is 31.4 Å². The zero-order chi connectivity index (χ0) is 13.5. The Labute approximate surface area is 117 Å². The maximum Gasteiger partial charge on any atom is 0.262 e. The van der Waals surface area contributed by atoms with Crippen molar-refractivity contribution in [3.8, 4) is 11.8 Å². The van der Waals surface area contributed by atoms with E-state index in [4.69, 9.17) is 10.5 Å². The van der Waals surface area contributed by atoms with Gasteiger partial charge in [-0.1, -0.05) is 11.8 Å². The molecule has 1 aromatic heterocycles. The number of amides is 1. The number of carbonyl (C=O) groups is 1. The Bertz CT molecular complexity index is 481. The SMILES string of the molecule is NCC#Cc1ccsc1C(=O)NCCC1CCCO1. The van der Waals surface area contributed by atoms with Crippen molar-refractivity contribution in [2.45, 2.75) is 25.4 Å². The lowest BCUT2D eigenvalue weighted by molar-refractivity contribution is 0.0910. The minimum atomic E-state index is -0.0608. The van der Waals surface area contributed by atoms with E-state index >= 15 is 0 Å². The van der Waals surface area contributed by atoms with Crippen LogP contribution in [0.15, 0.2) is 11.4 Å². The van der Waals surface area contributed by atoms with Crippen LogP contribution in [0.1, 0.15) is 34.5 Å². The van der Waals surface area contributed by atoms with Gasteiger partial charge in [0.25, 0.3) is 5.91 Å². The van der Waals surface area contributed by atoms with Gasteiger partial charge in [-0.2, -0.15) is 0 Å². The lowest BCUT2D eigenvalue weighted by atomic mass is 10.2. The maximum absolute atomic E-state index is 12.0. The van der Waals surface area contributed by atoms with Crippen LogP contribution < -0.4 is 11.1 Å². The predicted octanol–water partition coefficient (Wildman–Crippen LogP) is 1.36. The molecule has 2 rings (SSSR count). The van der Waals surface area contributed by atoms with E-state index in [2.05, 4.69) is 17.2 Å². The highest BCUT2D eigenvalue weighted by Crippen LogP contribution is 2.17. The molecule has 0 aromatic carbocycles. The fraction of sp³-hybridized carbons (Fsp3) is 0.500. The molecule has 0 aliphatic carbocycles. The highest BCUT2D eigenvalue weighted by Gasteiger charge is 2.16. The van der Waals surface area contributed by atoms with Crippen LogP contribution in [0.2, 0.25) is 0 Å². The molecule has 1 aliphatic rings. The molecule has 1 atom stereocenters. The van der Waals surface area contributed by atoms with Gasteiger partial charge in [-0.25, -0.2) is 0 Å². The Hall–Kier alpha value is -1.35. The Morgan fingerprint density at radius 3 is 3.26 bits per heavy atom. The average molecular weight is 278 g/mol. The van der Waals surface area contributed by atoms with Crippen molar-refractivity contribution >= 4 is 17.2 Å². The van der Waals surface area contributed by atoms with Gasteiger partial charge >= 0.3 is 0 Å². The molecule has 1 aromatic rings. The monoisotopic (exact) mass is 278 g/mol. The van der Waals surface area contributed by atoms with Gasteiger partial charge in [0.1, 0.15) is 4.88 Å². The summed E-state index contributed by atoms with van der Waals surface area (Å²) in [5.41, 5.74) is 6.09. The summed E-state index contributed by atoms with van der Waals surface area (Å²) in [4.78, 5) is 12.7. The van der Waals surface area contributed by atoms with Gasteiger partial charge in [0.05, 0.1) is 12.6 Å². The second-order valence-electron chi connectivity index (χ2n) is 4.35. The normalized spacial score (nSPS) is 17.8. The molecule has 5 heteroatoms. The number of thiophene rings is 1. The van der Waals surface area contributed by atoms with Gasteiger partial charge in [0.2, 0.25) is 0 Å². The number of ether oxygens (including phenoxy) is 1. The van der Waals surface area contributed by atoms with E-state index in [0.29, 0.717) is 24.1 Å². The van der Waals surface area contributed by atoms with Gasteiger partial charge in [0.15, 0.2) is 0 Å². The molecule has 1 amide bonds. The zero-order valence-electron chi connectivity index (χ0n) is 10.8. The molecular weight excluding hydrogens is 260 g/mol. The highest BCUT2D eigenvalue weighted by molar-refractivity contribution is 7.12. The third kappa shape index (κ3) is 4.06. The Balaban J connectivity index is 1.83. The molecule has 102 valence electrons. The quantitative estimate of drug-likeness (QED) is 0.817. The molecule has 1 saturated heterocycles. The molecule has 0 radical (unpaired) electrons. The molecule has 19 heavy (non-hydrogen) atoms. The fourth-order valence-electron chi connectivity index (χ4n) is 2.03. The number of nitrogens with two attached hydrogens (primary N) is 1. The van der Waals surface area contributed by atoms with Crippen LogP contribution in [0.5, 0.6) is 0 Å². The van der Waals surface area contributed by atoms with Crippen LogP contribution in [0.25, 0.3) is 0 Å². The number of rotatable bonds is 4. The first-order valence-corrected chi connectivity index (χ1v) is 7.35. The zero-order valence-corrected chi connectivity index (χ0v) is 11.6. The summed E-state index contributed by atoms with van der Waals surface area (Å²) in [6, 6.07) is 1.85. The first-order chi connectivity index (χ1) is 9.31. The lowest BCUT2D eigenvalue weighted by Crippen LogP contribution is -2.26. The van der Waals surface area contributed by atoms with Crippen molar-refractivity contribution in [2.75, 3.05) is 19.7 Å². The molecular formula is C14H18N2O2S. The molecule has 1 aliphatic heterocycles. The highest BCUT2D eigenvalue weighted by atomic mass is 32.1. The maximum atomic E-state index is 12.0. The molecule has 0 saturated carbocycles. The summed E-state index contributed by atoms with van der Waals surface area (Å²) in [5, 5.41) is 4.79. The van der Waals surface area contributed by atoms with Gasteiger partial charge in [-0.05, 0) is 30.7 Å². The van der Waals surface area contributed by atoms with Crippen LogP contribution in [-0.4, -0.2) is 31.7 Å². The van der Waals surface area contributed by atoms with E-state index in [1.807, 2.05) is 11.4 Å². The topological polar surface area (TPSA) is 64.4 Å².